The van der Waals surface area contributed by atoms with Crippen molar-refractivity contribution in [2.45, 2.75) is 13.8 Å². The van der Waals surface area contributed by atoms with Crippen molar-refractivity contribution in [3.05, 3.63) is 47.8 Å². The average molecular weight is 419 g/mol. The lowest BCUT2D eigenvalue weighted by atomic mass is 10.2. The van der Waals surface area contributed by atoms with E-state index in [0.717, 1.165) is 54.3 Å². The first-order valence-corrected chi connectivity index (χ1v) is 10.4. The molecule has 5 rings (SSSR count). The van der Waals surface area contributed by atoms with Crippen LogP contribution in [-0.4, -0.2) is 63.3 Å². The van der Waals surface area contributed by atoms with Crippen LogP contribution in [0.1, 0.15) is 11.4 Å². The number of aromatic nitrogens is 5. The van der Waals surface area contributed by atoms with Crippen LogP contribution in [0.25, 0.3) is 10.9 Å². The summed E-state index contributed by atoms with van der Waals surface area (Å²) in [6.07, 6.45) is 0. The monoisotopic (exact) mass is 418 g/mol. The number of nitrogens with zero attached hydrogens (tertiary/aromatic N) is 5. The van der Waals surface area contributed by atoms with Gasteiger partial charge < -0.3 is 24.8 Å². The van der Waals surface area contributed by atoms with E-state index >= 15 is 0 Å². The molecule has 1 aliphatic rings. The SMILES string of the molecule is Cc1cc(Nc2cc(N3CCN(C)CC3)nc(Oc3ccc4[nH]c(C)cc4c3)n2)n[nH]1. The molecule has 9 nitrogen and oxygen atoms in total. The Morgan fingerprint density at radius 1 is 0.935 bits per heavy atom. The zero-order valence-corrected chi connectivity index (χ0v) is 17.9. The first kappa shape index (κ1) is 19.4. The number of piperazine rings is 1. The molecular weight excluding hydrogens is 392 g/mol. The quantitative estimate of drug-likeness (QED) is 0.456. The second kappa shape index (κ2) is 7.92. The van der Waals surface area contributed by atoms with Crippen LogP contribution < -0.4 is 15.0 Å². The molecule has 31 heavy (non-hydrogen) atoms. The van der Waals surface area contributed by atoms with Crippen molar-refractivity contribution in [3.8, 4) is 11.8 Å². The van der Waals surface area contributed by atoms with Crippen molar-refractivity contribution >= 4 is 28.4 Å². The van der Waals surface area contributed by atoms with Crippen molar-refractivity contribution in [1.29, 1.82) is 0 Å². The Labute approximate surface area is 180 Å². The number of nitrogens with one attached hydrogen (secondary N) is 3. The van der Waals surface area contributed by atoms with Gasteiger partial charge in [-0.15, -0.1) is 0 Å². The smallest absolute Gasteiger partial charge is 0.325 e. The van der Waals surface area contributed by atoms with E-state index < -0.39 is 0 Å². The summed E-state index contributed by atoms with van der Waals surface area (Å²) in [7, 11) is 2.14. The van der Waals surface area contributed by atoms with Gasteiger partial charge in [0, 0.05) is 60.6 Å². The molecular formula is C22H26N8O. The fourth-order valence-corrected chi connectivity index (χ4v) is 3.76. The van der Waals surface area contributed by atoms with Gasteiger partial charge in [-0.05, 0) is 45.2 Å². The number of rotatable bonds is 5. The molecule has 0 atom stereocenters. The maximum Gasteiger partial charge on any atom is 0.325 e. The second-order valence-corrected chi connectivity index (χ2v) is 8.05. The topological polar surface area (TPSA) is 98.0 Å². The Kier molecular flexibility index (Phi) is 4.95. The Bertz CT molecular complexity index is 1210. The summed E-state index contributed by atoms with van der Waals surface area (Å²) in [5.74, 6) is 2.88. The molecule has 1 saturated heterocycles. The summed E-state index contributed by atoms with van der Waals surface area (Å²) in [5.41, 5.74) is 3.16. The van der Waals surface area contributed by atoms with Crippen LogP contribution in [0, 0.1) is 13.8 Å². The molecule has 0 saturated carbocycles. The zero-order chi connectivity index (χ0) is 21.4. The van der Waals surface area contributed by atoms with E-state index in [-0.39, 0.29) is 0 Å². The van der Waals surface area contributed by atoms with Gasteiger partial charge in [-0.3, -0.25) is 5.10 Å². The molecule has 0 radical (unpaired) electrons. The third-order valence-electron chi connectivity index (χ3n) is 5.42. The van der Waals surface area contributed by atoms with Crippen LogP contribution in [0.15, 0.2) is 36.4 Å². The normalized spacial score (nSPS) is 14.9. The number of aromatic amines is 2. The van der Waals surface area contributed by atoms with Gasteiger partial charge in [-0.25, -0.2) is 0 Å². The van der Waals surface area contributed by atoms with Crippen molar-refractivity contribution in [2.24, 2.45) is 0 Å². The van der Waals surface area contributed by atoms with E-state index in [2.05, 4.69) is 48.4 Å². The van der Waals surface area contributed by atoms with Crippen LogP contribution in [0.5, 0.6) is 11.8 Å². The van der Waals surface area contributed by atoms with E-state index in [1.807, 2.05) is 44.2 Å². The molecule has 3 aromatic heterocycles. The molecule has 0 spiro atoms. The number of benzene rings is 1. The number of hydrogen-bond donors (Lipinski definition) is 3. The summed E-state index contributed by atoms with van der Waals surface area (Å²) >= 11 is 0. The van der Waals surface area contributed by atoms with Gasteiger partial charge in [0.05, 0.1) is 0 Å². The molecule has 1 aromatic carbocycles. The van der Waals surface area contributed by atoms with Gasteiger partial charge >= 0.3 is 6.01 Å². The van der Waals surface area contributed by atoms with Crippen LogP contribution >= 0.6 is 0 Å². The van der Waals surface area contributed by atoms with E-state index in [4.69, 9.17) is 9.72 Å². The number of ether oxygens (including phenoxy) is 1. The highest BCUT2D eigenvalue weighted by atomic mass is 16.5. The molecule has 0 bridgehead atoms. The van der Waals surface area contributed by atoms with Gasteiger partial charge in [0.1, 0.15) is 17.4 Å². The van der Waals surface area contributed by atoms with Crippen molar-refractivity contribution < 1.29 is 4.74 Å². The first-order valence-electron chi connectivity index (χ1n) is 10.4. The molecule has 160 valence electrons. The number of anilines is 3. The van der Waals surface area contributed by atoms with Crippen molar-refractivity contribution in [1.82, 2.24) is 30.0 Å². The number of aryl methyl sites for hydroxylation is 2. The standard InChI is InChI=1S/C22H26N8O/c1-14-10-16-12-17(4-5-18(16)23-14)31-22-25-19(24-20-11-15(2)27-28-20)13-21(26-22)30-8-6-29(3)7-9-30/h4-5,10-13,23H,6-9H2,1-3H3,(H2,24,25,26,27,28). The lowest BCUT2D eigenvalue weighted by molar-refractivity contribution is 0.311. The maximum atomic E-state index is 6.09. The number of hydrogen-bond acceptors (Lipinski definition) is 7. The van der Waals surface area contributed by atoms with Crippen molar-refractivity contribution in [3.63, 3.8) is 0 Å². The molecule has 0 amide bonds. The van der Waals surface area contributed by atoms with E-state index in [0.29, 0.717) is 23.4 Å². The predicted octanol–water partition coefficient (Wildman–Crippen LogP) is 3.59. The van der Waals surface area contributed by atoms with Crippen molar-refractivity contribution in [2.75, 3.05) is 43.4 Å². The molecule has 1 aliphatic heterocycles. The molecule has 9 heteroatoms. The summed E-state index contributed by atoms with van der Waals surface area (Å²) in [5, 5.41) is 11.5. The highest BCUT2D eigenvalue weighted by Gasteiger charge is 2.18. The summed E-state index contributed by atoms with van der Waals surface area (Å²) < 4.78 is 6.09. The fraction of sp³-hybridized carbons (Fsp3) is 0.318. The number of fused-ring (bicyclic) bond motifs is 1. The summed E-state index contributed by atoms with van der Waals surface area (Å²) in [4.78, 5) is 17.2. The summed E-state index contributed by atoms with van der Waals surface area (Å²) in [6.45, 7) is 7.79. The Morgan fingerprint density at radius 3 is 2.55 bits per heavy atom. The summed E-state index contributed by atoms with van der Waals surface area (Å²) in [6, 6.07) is 12.2. The molecule has 0 aliphatic carbocycles. The minimum atomic E-state index is 0.304. The molecule has 0 unspecified atom stereocenters. The Balaban J connectivity index is 1.46. The molecule has 4 aromatic rings. The van der Waals surface area contributed by atoms with Gasteiger partial charge in [0.25, 0.3) is 0 Å². The van der Waals surface area contributed by atoms with Crippen LogP contribution in [0.3, 0.4) is 0 Å². The Hall–Kier alpha value is -3.59. The zero-order valence-electron chi connectivity index (χ0n) is 17.9. The van der Waals surface area contributed by atoms with Crippen LogP contribution in [-0.2, 0) is 0 Å². The lowest BCUT2D eigenvalue weighted by Crippen LogP contribution is -2.44. The number of H-pyrrole nitrogens is 2. The largest absolute Gasteiger partial charge is 0.424 e. The highest BCUT2D eigenvalue weighted by molar-refractivity contribution is 5.81. The van der Waals surface area contributed by atoms with Crippen LogP contribution in [0.4, 0.5) is 17.5 Å². The lowest BCUT2D eigenvalue weighted by Gasteiger charge is -2.33. The minimum absolute atomic E-state index is 0.304. The van der Waals surface area contributed by atoms with Gasteiger partial charge in [-0.1, -0.05) is 0 Å². The predicted molar refractivity (Wildman–Crippen MR) is 121 cm³/mol. The number of likely N-dealkylation sites (N-methyl/N-ethyl adjacent to an activating group) is 1. The molecule has 4 heterocycles. The first-order chi connectivity index (χ1) is 15.0. The fourth-order valence-electron chi connectivity index (χ4n) is 3.76. The third-order valence-corrected chi connectivity index (χ3v) is 5.42. The van der Waals surface area contributed by atoms with E-state index in [1.54, 1.807) is 0 Å². The highest BCUT2D eigenvalue weighted by Crippen LogP contribution is 2.28. The Morgan fingerprint density at radius 2 is 1.77 bits per heavy atom. The van der Waals surface area contributed by atoms with E-state index in [9.17, 15) is 0 Å². The third kappa shape index (κ3) is 4.31. The van der Waals surface area contributed by atoms with E-state index in [1.165, 1.54) is 0 Å². The average Bonchev–Trinajstić information content (AvgIpc) is 3.32. The second-order valence-electron chi connectivity index (χ2n) is 8.05. The van der Waals surface area contributed by atoms with Crippen LogP contribution in [0.2, 0.25) is 0 Å². The molecule has 1 fully saturated rings. The maximum absolute atomic E-state index is 6.09. The van der Waals surface area contributed by atoms with Gasteiger partial charge in [-0.2, -0.15) is 15.1 Å². The molecule has 3 N–H and O–H groups in total. The minimum Gasteiger partial charge on any atom is -0.424 e. The van der Waals surface area contributed by atoms with Gasteiger partial charge in [0.15, 0.2) is 5.82 Å². The van der Waals surface area contributed by atoms with Gasteiger partial charge in [0.2, 0.25) is 0 Å².